The highest BCUT2D eigenvalue weighted by molar-refractivity contribution is 7.21. The summed E-state index contributed by atoms with van der Waals surface area (Å²) in [6, 6.07) is 8.18. The van der Waals surface area contributed by atoms with Crippen LogP contribution in [0.4, 0.5) is 10.8 Å². The van der Waals surface area contributed by atoms with Crippen LogP contribution in [0.2, 0.25) is 0 Å². The molecule has 31 heavy (non-hydrogen) atoms. The van der Waals surface area contributed by atoms with Gasteiger partial charge in [0.15, 0.2) is 5.13 Å². The molecule has 1 aromatic carbocycles. The summed E-state index contributed by atoms with van der Waals surface area (Å²) < 4.78 is 1.30. The van der Waals surface area contributed by atoms with E-state index in [1.807, 2.05) is 12.1 Å². The number of carbonyl (C=O) groups is 1. The number of nitro groups is 1. The number of hydrogen-bond acceptors (Lipinski definition) is 9. The number of pyridine rings is 1. The minimum atomic E-state index is -0.521. The second kappa shape index (κ2) is 7.72. The van der Waals surface area contributed by atoms with E-state index in [1.165, 1.54) is 40.8 Å². The summed E-state index contributed by atoms with van der Waals surface area (Å²) >= 11 is 1.53. The van der Waals surface area contributed by atoms with E-state index in [0.29, 0.717) is 26.2 Å². The number of nitrogens with zero attached hydrogens (tertiary/aromatic N) is 8. The summed E-state index contributed by atoms with van der Waals surface area (Å²) in [7, 11) is 0. The van der Waals surface area contributed by atoms with E-state index < -0.39 is 4.92 Å². The van der Waals surface area contributed by atoms with Crippen molar-refractivity contribution in [1.82, 2.24) is 29.6 Å². The number of carbonyl (C=O) groups excluding carboxylic acids is 1. The summed E-state index contributed by atoms with van der Waals surface area (Å²) in [6.45, 7) is 2.26. The fourth-order valence-electron chi connectivity index (χ4n) is 3.51. The molecule has 0 unspecified atom stereocenters. The molecule has 1 amide bonds. The Bertz CT molecular complexity index is 1230. The van der Waals surface area contributed by atoms with Gasteiger partial charge >= 0.3 is 0 Å². The fourth-order valence-corrected chi connectivity index (χ4v) is 4.47. The smallest absolute Gasteiger partial charge is 0.295 e. The Kier molecular flexibility index (Phi) is 4.75. The van der Waals surface area contributed by atoms with Crippen LogP contribution in [0.5, 0.6) is 0 Å². The molecule has 0 saturated carbocycles. The lowest BCUT2D eigenvalue weighted by molar-refractivity contribution is -0.384. The highest BCUT2D eigenvalue weighted by Crippen LogP contribution is 2.28. The SMILES string of the molecule is O=C(c1ccc(-n2cncn2)c([N+](=O)[O-])c1)N1CCN(c2nc3cccnc3s2)CC1. The zero-order valence-electron chi connectivity index (χ0n) is 16.2. The number of amides is 1. The van der Waals surface area contributed by atoms with Crippen molar-refractivity contribution in [3.63, 3.8) is 0 Å². The summed E-state index contributed by atoms with van der Waals surface area (Å²) in [6.07, 6.45) is 4.42. The quantitative estimate of drug-likeness (QED) is 0.352. The normalized spacial score (nSPS) is 14.2. The van der Waals surface area contributed by atoms with Gasteiger partial charge in [-0.15, -0.1) is 0 Å². The molecule has 156 valence electrons. The van der Waals surface area contributed by atoms with E-state index in [9.17, 15) is 14.9 Å². The minimum Gasteiger partial charge on any atom is -0.344 e. The van der Waals surface area contributed by atoms with Gasteiger partial charge in [0.2, 0.25) is 0 Å². The topological polar surface area (TPSA) is 123 Å². The molecule has 11 nitrogen and oxygen atoms in total. The highest BCUT2D eigenvalue weighted by Gasteiger charge is 2.26. The van der Waals surface area contributed by atoms with E-state index in [4.69, 9.17) is 0 Å². The molecule has 1 saturated heterocycles. The molecule has 0 aliphatic carbocycles. The van der Waals surface area contributed by atoms with Crippen molar-refractivity contribution in [3.8, 4) is 5.69 Å². The molecule has 4 aromatic rings. The van der Waals surface area contributed by atoms with Gasteiger partial charge in [-0.25, -0.2) is 19.6 Å². The molecule has 5 rings (SSSR count). The lowest BCUT2D eigenvalue weighted by Gasteiger charge is -2.34. The van der Waals surface area contributed by atoms with E-state index >= 15 is 0 Å². The maximum Gasteiger partial charge on any atom is 0.295 e. The average molecular weight is 436 g/mol. The Morgan fingerprint density at radius 2 is 2.00 bits per heavy atom. The van der Waals surface area contributed by atoms with Crippen LogP contribution in [0.1, 0.15) is 10.4 Å². The van der Waals surface area contributed by atoms with Gasteiger partial charge in [-0.1, -0.05) is 11.3 Å². The van der Waals surface area contributed by atoms with Crippen LogP contribution >= 0.6 is 11.3 Å². The third kappa shape index (κ3) is 3.57. The Morgan fingerprint density at radius 3 is 2.71 bits per heavy atom. The molecule has 1 fully saturated rings. The number of rotatable bonds is 4. The summed E-state index contributed by atoms with van der Waals surface area (Å²) in [5.74, 6) is -0.237. The van der Waals surface area contributed by atoms with Gasteiger partial charge < -0.3 is 9.80 Å². The molecular weight excluding hydrogens is 420 g/mol. The molecule has 0 N–H and O–H groups in total. The standard InChI is InChI=1S/C19H16N8O3S/c28-18(13-3-4-15(16(10-13)27(29)30)26-12-20-11-22-26)24-6-8-25(9-7-24)19-23-14-2-1-5-21-17(14)31-19/h1-5,10-12H,6-9H2. The molecule has 0 atom stereocenters. The minimum absolute atomic E-state index is 0.197. The first-order valence-electron chi connectivity index (χ1n) is 9.49. The van der Waals surface area contributed by atoms with Crippen LogP contribution in [-0.4, -0.2) is 66.6 Å². The molecule has 0 radical (unpaired) electrons. The third-order valence-electron chi connectivity index (χ3n) is 5.08. The van der Waals surface area contributed by atoms with Gasteiger partial charge in [0, 0.05) is 44.0 Å². The molecule has 0 spiro atoms. The van der Waals surface area contributed by atoms with Crippen LogP contribution in [-0.2, 0) is 0 Å². The van der Waals surface area contributed by atoms with Crippen molar-refractivity contribution < 1.29 is 9.72 Å². The molecule has 1 aliphatic heterocycles. The molecule has 3 aromatic heterocycles. The molecule has 1 aliphatic rings. The van der Waals surface area contributed by atoms with Gasteiger partial charge in [-0.05, 0) is 24.3 Å². The number of thiazole rings is 1. The van der Waals surface area contributed by atoms with E-state index in [-0.39, 0.29) is 22.8 Å². The maximum absolute atomic E-state index is 13.0. The van der Waals surface area contributed by atoms with Gasteiger partial charge in [0.25, 0.3) is 11.6 Å². The second-order valence-electron chi connectivity index (χ2n) is 6.90. The number of piperazine rings is 1. The lowest BCUT2D eigenvalue weighted by atomic mass is 10.1. The van der Waals surface area contributed by atoms with Gasteiger partial charge in [0.1, 0.15) is 28.7 Å². The summed E-state index contributed by atoms with van der Waals surface area (Å²) in [4.78, 5) is 41.5. The van der Waals surface area contributed by atoms with Crippen LogP contribution in [0.25, 0.3) is 16.0 Å². The van der Waals surface area contributed by atoms with Crippen LogP contribution in [0.15, 0.2) is 49.2 Å². The number of nitro benzene ring substituents is 1. The van der Waals surface area contributed by atoms with Gasteiger partial charge in [0.05, 0.1) is 4.92 Å². The predicted octanol–water partition coefficient (Wildman–Crippen LogP) is 2.14. The lowest BCUT2D eigenvalue weighted by Crippen LogP contribution is -2.48. The highest BCUT2D eigenvalue weighted by atomic mass is 32.1. The number of anilines is 1. The van der Waals surface area contributed by atoms with Crippen molar-refractivity contribution in [3.05, 3.63) is 64.9 Å². The van der Waals surface area contributed by atoms with E-state index in [1.54, 1.807) is 17.2 Å². The fraction of sp³-hybridized carbons (Fsp3) is 0.211. The first kappa shape index (κ1) is 19.1. The zero-order chi connectivity index (χ0) is 21.4. The van der Waals surface area contributed by atoms with Crippen molar-refractivity contribution in [1.29, 1.82) is 0 Å². The Morgan fingerprint density at radius 1 is 1.16 bits per heavy atom. The van der Waals surface area contributed by atoms with E-state index in [2.05, 4.69) is 25.0 Å². The predicted molar refractivity (Wildman–Crippen MR) is 114 cm³/mol. The monoisotopic (exact) mass is 436 g/mol. The second-order valence-corrected chi connectivity index (χ2v) is 7.86. The maximum atomic E-state index is 13.0. The van der Waals surface area contributed by atoms with Crippen LogP contribution < -0.4 is 4.90 Å². The van der Waals surface area contributed by atoms with Crippen molar-refractivity contribution >= 4 is 38.4 Å². The van der Waals surface area contributed by atoms with E-state index in [0.717, 1.165) is 15.5 Å². The Balaban J connectivity index is 1.32. The molecule has 12 heteroatoms. The average Bonchev–Trinajstić information content (AvgIpc) is 3.48. The van der Waals surface area contributed by atoms with Gasteiger partial charge in [-0.3, -0.25) is 14.9 Å². The number of hydrogen-bond donors (Lipinski definition) is 0. The number of aromatic nitrogens is 5. The summed E-state index contributed by atoms with van der Waals surface area (Å²) in [5, 5.41) is 16.4. The molecular formula is C19H16N8O3S. The first-order valence-corrected chi connectivity index (χ1v) is 10.3. The van der Waals surface area contributed by atoms with Crippen LogP contribution in [0, 0.1) is 10.1 Å². The molecule has 0 bridgehead atoms. The van der Waals surface area contributed by atoms with Crippen molar-refractivity contribution in [2.75, 3.05) is 31.1 Å². The van der Waals surface area contributed by atoms with Crippen molar-refractivity contribution in [2.45, 2.75) is 0 Å². The Labute approximate surface area is 179 Å². The van der Waals surface area contributed by atoms with Crippen LogP contribution in [0.3, 0.4) is 0 Å². The van der Waals surface area contributed by atoms with Crippen molar-refractivity contribution in [2.24, 2.45) is 0 Å². The number of benzene rings is 1. The summed E-state index contributed by atoms with van der Waals surface area (Å²) in [5.41, 5.74) is 1.19. The van der Waals surface area contributed by atoms with Gasteiger partial charge in [-0.2, -0.15) is 5.10 Å². The molecule has 4 heterocycles. The number of fused-ring (bicyclic) bond motifs is 1. The zero-order valence-corrected chi connectivity index (χ0v) is 17.0. The Hall–Kier alpha value is -3.93. The largest absolute Gasteiger partial charge is 0.344 e. The first-order chi connectivity index (χ1) is 15.1. The third-order valence-corrected chi connectivity index (χ3v) is 6.12.